The molecule has 0 spiro atoms. The van der Waals surface area contributed by atoms with Gasteiger partial charge in [0.25, 0.3) is 10.0 Å². The predicted octanol–water partition coefficient (Wildman–Crippen LogP) is 5.45. The van der Waals surface area contributed by atoms with E-state index in [1.54, 1.807) is 24.3 Å². The van der Waals surface area contributed by atoms with Gasteiger partial charge in [-0.2, -0.15) is 0 Å². The summed E-state index contributed by atoms with van der Waals surface area (Å²) >= 11 is 12.1. The van der Waals surface area contributed by atoms with E-state index in [1.165, 1.54) is 37.4 Å². The molecule has 9 heteroatoms. The number of hydrogen-bond acceptors (Lipinski definition) is 4. The quantitative estimate of drug-likeness (QED) is 0.475. The number of methoxy groups -OCH3 is 1. The lowest BCUT2D eigenvalue weighted by Crippen LogP contribution is -2.38. The summed E-state index contributed by atoms with van der Waals surface area (Å²) in [5.41, 5.74) is 2.48. The fourth-order valence-corrected chi connectivity index (χ4v) is 4.74. The number of anilines is 2. The van der Waals surface area contributed by atoms with E-state index in [2.05, 4.69) is 5.32 Å². The minimum atomic E-state index is -4.07. The number of carbonyl (C=O) groups excluding carboxylic acids is 1. The molecule has 3 rings (SSSR count). The van der Waals surface area contributed by atoms with Gasteiger partial charge >= 0.3 is 0 Å². The van der Waals surface area contributed by atoms with Crippen LogP contribution in [0.25, 0.3) is 0 Å². The summed E-state index contributed by atoms with van der Waals surface area (Å²) in [6, 6.07) is 16.1. The summed E-state index contributed by atoms with van der Waals surface area (Å²) in [7, 11) is -2.58. The van der Waals surface area contributed by atoms with Crippen molar-refractivity contribution in [2.45, 2.75) is 18.7 Å². The van der Waals surface area contributed by atoms with Crippen LogP contribution in [0.4, 0.5) is 11.4 Å². The van der Waals surface area contributed by atoms with E-state index in [4.69, 9.17) is 27.9 Å². The van der Waals surface area contributed by atoms with E-state index in [0.717, 1.165) is 15.4 Å². The molecule has 0 aliphatic carbocycles. The third kappa shape index (κ3) is 5.35. The average molecular weight is 493 g/mol. The van der Waals surface area contributed by atoms with Crippen LogP contribution in [-0.2, 0) is 14.8 Å². The number of amides is 1. The lowest BCUT2D eigenvalue weighted by molar-refractivity contribution is -0.114. The maximum atomic E-state index is 13.5. The Morgan fingerprint density at radius 2 is 1.59 bits per heavy atom. The molecule has 1 amide bonds. The molecule has 3 aromatic rings. The van der Waals surface area contributed by atoms with E-state index in [1.807, 2.05) is 19.9 Å². The van der Waals surface area contributed by atoms with Crippen LogP contribution in [-0.4, -0.2) is 28.0 Å². The number of benzene rings is 3. The smallest absolute Gasteiger partial charge is 0.264 e. The molecule has 0 aliphatic rings. The van der Waals surface area contributed by atoms with Crippen LogP contribution < -0.4 is 14.4 Å². The Labute approximate surface area is 197 Å². The zero-order valence-electron chi connectivity index (χ0n) is 17.7. The first kappa shape index (κ1) is 23.9. The molecule has 0 bridgehead atoms. The van der Waals surface area contributed by atoms with Gasteiger partial charge in [-0.05, 0) is 61.9 Å². The van der Waals surface area contributed by atoms with Crippen LogP contribution in [0.5, 0.6) is 5.75 Å². The summed E-state index contributed by atoms with van der Waals surface area (Å²) in [5, 5.41) is 3.18. The van der Waals surface area contributed by atoms with Gasteiger partial charge in [0, 0.05) is 0 Å². The second-order valence-corrected chi connectivity index (χ2v) is 9.85. The lowest BCUT2D eigenvalue weighted by atomic mass is 10.2. The van der Waals surface area contributed by atoms with E-state index in [-0.39, 0.29) is 20.6 Å². The van der Waals surface area contributed by atoms with Crippen molar-refractivity contribution in [3.8, 4) is 5.75 Å². The highest BCUT2D eigenvalue weighted by molar-refractivity contribution is 7.92. The van der Waals surface area contributed by atoms with Crippen molar-refractivity contribution in [1.82, 2.24) is 0 Å². The molecule has 1 N–H and O–H groups in total. The SMILES string of the molecule is COc1ccc(C)cc1NC(=O)CN(c1ccc(Cl)c(Cl)c1)S(=O)(=O)c1ccc(C)cc1. The first-order valence-electron chi connectivity index (χ1n) is 9.61. The maximum absolute atomic E-state index is 13.5. The highest BCUT2D eigenvalue weighted by Gasteiger charge is 2.28. The Morgan fingerprint density at radius 1 is 0.938 bits per heavy atom. The molecule has 0 aliphatic heterocycles. The largest absolute Gasteiger partial charge is 0.495 e. The van der Waals surface area contributed by atoms with Gasteiger partial charge in [0.15, 0.2) is 0 Å². The fourth-order valence-electron chi connectivity index (χ4n) is 3.03. The molecular weight excluding hydrogens is 471 g/mol. The van der Waals surface area contributed by atoms with Gasteiger partial charge in [-0.3, -0.25) is 9.10 Å². The van der Waals surface area contributed by atoms with Crippen LogP contribution in [0.2, 0.25) is 10.0 Å². The number of carbonyl (C=O) groups is 1. The van der Waals surface area contributed by atoms with E-state index < -0.39 is 22.5 Å². The van der Waals surface area contributed by atoms with Gasteiger partial charge in [-0.15, -0.1) is 0 Å². The fraction of sp³-hybridized carbons (Fsp3) is 0.174. The van der Waals surface area contributed by atoms with Gasteiger partial charge in [0.05, 0.1) is 33.4 Å². The zero-order chi connectivity index (χ0) is 23.5. The van der Waals surface area contributed by atoms with E-state index in [9.17, 15) is 13.2 Å². The monoisotopic (exact) mass is 492 g/mol. The summed E-state index contributed by atoms with van der Waals surface area (Å²) in [6.45, 7) is 3.25. The molecule has 0 radical (unpaired) electrons. The number of hydrogen-bond donors (Lipinski definition) is 1. The topological polar surface area (TPSA) is 75.7 Å². The second kappa shape index (κ2) is 9.81. The van der Waals surface area contributed by atoms with Crippen molar-refractivity contribution in [3.05, 3.63) is 81.8 Å². The number of aryl methyl sites for hydroxylation is 2. The Balaban J connectivity index is 1.99. The van der Waals surface area contributed by atoms with Crippen molar-refractivity contribution < 1.29 is 17.9 Å². The molecule has 0 saturated carbocycles. The summed E-state index contributed by atoms with van der Waals surface area (Å²) < 4.78 is 33.2. The van der Waals surface area contributed by atoms with Crippen molar-refractivity contribution >= 4 is 50.5 Å². The number of sulfonamides is 1. The Bertz CT molecular complexity index is 1250. The zero-order valence-corrected chi connectivity index (χ0v) is 20.1. The van der Waals surface area contributed by atoms with Gasteiger partial charge < -0.3 is 10.1 Å². The highest BCUT2D eigenvalue weighted by Crippen LogP contribution is 2.31. The molecule has 0 saturated heterocycles. The molecule has 0 unspecified atom stereocenters. The standard InChI is InChI=1S/C23H22Cl2N2O4S/c1-15-4-8-18(9-5-15)32(29,30)27(17-7-10-19(24)20(25)13-17)14-23(28)26-21-12-16(2)6-11-22(21)31-3/h4-13H,14H2,1-3H3,(H,26,28). The summed E-state index contributed by atoms with van der Waals surface area (Å²) in [4.78, 5) is 13.0. The van der Waals surface area contributed by atoms with Gasteiger partial charge in [0.1, 0.15) is 12.3 Å². The van der Waals surface area contributed by atoms with Gasteiger partial charge in [-0.1, -0.05) is 47.0 Å². The van der Waals surface area contributed by atoms with E-state index in [0.29, 0.717) is 11.4 Å². The third-order valence-corrected chi connectivity index (χ3v) is 7.24. The van der Waals surface area contributed by atoms with Crippen molar-refractivity contribution in [3.63, 3.8) is 0 Å². The van der Waals surface area contributed by atoms with Crippen LogP contribution in [0.15, 0.2) is 65.6 Å². The van der Waals surface area contributed by atoms with Crippen LogP contribution in [0, 0.1) is 13.8 Å². The van der Waals surface area contributed by atoms with Crippen LogP contribution >= 0.6 is 23.2 Å². The number of halogens is 2. The molecule has 32 heavy (non-hydrogen) atoms. The molecule has 0 heterocycles. The molecule has 0 fully saturated rings. The van der Waals surface area contributed by atoms with Gasteiger partial charge in [-0.25, -0.2) is 8.42 Å². The van der Waals surface area contributed by atoms with Crippen LogP contribution in [0.3, 0.4) is 0 Å². The minimum Gasteiger partial charge on any atom is -0.495 e. The molecule has 0 aromatic heterocycles. The van der Waals surface area contributed by atoms with E-state index >= 15 is 0 Å². The third-order valence-electron chi connectivity index (χ3n) is 4.72. The number of nitrogens with zero attached hydrogens (tertiary/aromatic N) is 1. The molecule has 0 atom stereocenters. The lowest BCUT2D eigenvalue weighted by Gasteiger charge is -2.24. The van der Waals surface area contributed by atoms with Crippen molar-refractivity contribution in [1.29, 1.82) is 0 Å². The maximum Gasteiger partial charge on any atom is 0.264 e. The van der Waals surface area contributed by atoms with Crippen LogP contribution in [0.1, 0.15) is 11.1 Å². The first-order chi connectivity index (χ1) is 15.1. The summed E-state index contributed by atoms with van der Waals surface area (Å²) in [6.07, 6.45) is 0. The molecule has 168 valence electrons. The molecular formula is C23H22Cl2N2O4S. The number of ether oxygens (including phenoxy) is 1. The minimum absolute atomic E-state index is 0.0510. The van der Waals surface area contributed by atoms with Crippen molar-refractivity contribution in [2.24, 2.45) is 0 Å². The number of rotatable bonds is 7. The molecule has 6 nitrogen and oxygen atoms in total. The second-order valence-electron chi connectivity index (χ2n) is 7.18. The first-order valence-corrected chi connectivity index (χ1v) is 11.8. The Hall–Kier alpha value is -2.74. The predicted molar refractivity (Wildman–Crippen MR) is 129 cm³/mol. The Kier molecular flexibility index (Phi) is 7.33. The van der Waals surface area contributed by atoms with Gasteiger partial charge in [0.2, 0.25) is 5.91 Å². The molecule has 3 aromatic carbocycles. The van der Waals surface area contributed by atoms with Crippen molar-refractivity contribution in [2.75, 3.05) is 23.3 Å². The average Bonchev–Trinajstić information content (AvgIpc) is 2.74. The number of nitrogens with one attached hydrogen (secondary N) is 1. The Morgan fingerprint density at radius 3 is 2.22 bits per heavy atom. The summed E-state index contributed by atoms with van der Waals surface area (Å²) in [5.74, 6) is -0.0814. The normalized spacial score (nSPS) is 11.2. The highest BCUT2D eigenvalue weighted by atomic mass is 35.5.